The van der Waals surface area contributed by atoms with Gasteiger partial charge in [-0.15, -0.1) is 0 Å². The number of carbonyl (C=O) groups is 5. The predicted octanol–water partition coefficient (Wildman–Crippen LogP) is 18.0. The number of carbonyl (C=O) groups excluding carboxylic acids is 5. The molecule has 17 nitrogen and oxygen atoms in total. The first kappa shape index (κ1) is 84.0. The fourth-order valence-electron chi connectivity index (χ4n) is 11.9. The molecule has 1 aliphatic rings. The monoisotopic (exact) mass is 1360 g/mol. The van der Waals surface area contributed by atoms with Crippen LogP contribution >= 0.6 is 0 Å². The molecule has 548 valence electrons. The highest BCUT2D eigenvalue weighted by atomic mass is 16.7. The van der Waals surface area contributed by atoms with Gasteiger partial charge >= 0.3 is 24.0 Å². The zero-order valence-corrected chi connectivity index (χ0v) is 60.2. The third-order valence-electron chi connectivity index (χ3n) is 17.8. The van der Waals surface area contributed by atoms with Gasteiger partial charge in [0.1, 0.15) is 31.5 Å². The molecule has 2 N–H and O–H groups in total. The minimum Gasteiger partial charge on any atom is -0.459 e. The number of unbranched alkanes of at least 4 members (excludes halogenated alkanes) is 32. The maximum Gasteiger partial charge on any atom is 0.407 e. The molecule has 0 aromatic heterocycles. The van der Waals surface area contributed by atoms with Crippen LogP contribution in [-0.2, 0) is 52.2 Å². The van der Waals surface area contributed by atoms with Gasteiger partial charge in [0.15, 0.2) is 12.4 Å². The summed E-state index contributed by atoms with van der Waals surface area (Å²) in [5, 5.41) is 5.76. The van der Waals surface area contributed by atoms with Crippen molar-refractivity contribution < 1.29 is 71.3 Å². The van der Waals surface area contributed by atoms with Crippen molar-refractivity contribution in [1.29, 1.82) is 0 Å². The molecule has 1 fully saturated rings. The van der Waals surface area contributed by atoms with Gasteiger partial charge in [0.25, 0.3) is 0 Å². The first-order valence-corrected chi connectivity index (χ1v) is 38.2. The van der Waals surface area contributed by atoms with Crippen molar-refractivity contribution in [3.63, 3.8) is 0 Å². The van der Waals surface area contributed by atoms with E-state index < -0.39 is 54.5 Å². The summed E-state index contributed by atoms with van der Waals surface area (Å²) >= 11 is 0. The van der Waals surface area contributed by atoms with E-state index in [2.05, 4.69) is 24.5 Å². The van der Waals surface area contributed by atoms with E-state index in [0.717, 1.165) is 32.1 Å². The lowest BCUT2D eigenvalue weighted by Gasteiger charge is -2.44. The summed E-state index contributed by atoms with van der Waals surface area (Å²) in [4.78, 5) is 65.5. The highest BCUT2D eigenvalue weighted by Gasteiger charge is 2.49. The average Bonchev–Trinajstić information content (AvgIpc) is 0.801. The Morgan fingerprint density at radius 3 is 1.32 bits per heavy atom. The van der Waals surface area contributed by atoms with Crippen molar-refractivity contribution >= 4 is 29.9 Å². The first-order valence-electron chi connectivity index (χ1n) is 38.2. The Morgan fingerprint density at radius 2 is 0.825 bits per heavy atom. The standard InChI is InChI=1S/C80H128N2O15/c1-4-6-8-10-12-14-16-18-20-22-24-26-28-30-32-46-57-90-64-71(91-58-47-33-31-29-27-25-23-21-19-17-15-13-11-9-7-5-2)65-94-80(87)82-55-45-37-44-54-73(83)81-56-59-88-60-61-89-62-63-92-79-67(3)74(96-77(85)69-50-40-35-41-51-69)75(97-78(86)70-52-42-36-43-53-70)72(95-79)66-93-76(84)68-48-38-34-39-49-68/h34-36,38-43,48-53,67,71-72,74-75,79H,4-33,37,44-47,54-66H2,1-3H3,(H,81,83)(H,82,87)/t67?,71-,72?,74+,75-,79+/m0/s1. The van der Waals surface area contributed by atoms with E-state index in [-0.39, 0.29) is 57.2 Å². The zero-order chi connectivity index (χ0) is 69.1. The van der Waals surface area contributed by atoms with E-state index in [0.29, 0.717) is 63.5 Å². The van der Waals surface area contributed by atoms with Gasteiger partial charge in [0.05, 0.1) is 56.3 Å². The molecule has 2 amide bonds. The third kappa shape index (κ3) is 42.3. The van der Waals surface area contributed by atoms with Crippen molar-refractivity contribution in [2.24, 2.45) is 5.92 Å². The normalized spacial score (nSPS) is 16.3. The second-order valence-electron chi connectivity index (χ2n) is 26.3. The van der Waals surface area contributed by atoms with Gasteiger partial charge in [-0.25, -0.2) is 19.2 Å². The number of benzene rings is 3. The maximum atomic E-state index is 13.6. The Labute approximate surface area is 584 Å². The molecule has 6 atom stereocenters. The first-order chi connectivity index (χ1) is 47.7. The van der Waals surface area contributed by atoms with Crippen LogP contribution in [0.3, 0.4) is 0 Å². The lowest BCUT2D eigenvalue weighted by Crippen LogP contribution is -2.58. The lowest BCUT2D eigenvalue weighted by atomic mass is 9.91. The van der Waals surface area contributed by atoms with Gasteiger partial charge < -0.3 is 58.0 Å². The smallest absolute Gasteiger partial charge is 0.407 e. The molecule has 0 aliphatic carbocycles. The Kier molecular flexibility index (Phi) is 50.5. The number of esters is 3. The zero-order valence-electron chi connectivity index (χ0n) is 60.2. The number of nitrogens with one attached hydrogen (secondary N) is 2. The second-order valence-corrected chi connectivity index (χ2v) is 26.3. The minimum absolute atomic E-state index is 0.0690. The highest BCUT2D eigenvalue weighted by molar-refractivity contribution is 5.91. The Balaban J connectivity index is 1.06. The molecule has 2 unspecified atom stereocenters. The van der Waals surface area contributed by atoms with Gasteiger partial charge in [0.2, 0.25) is 5.91 Å². The molecule has 0 spiro atoms. The van der Waals surface area contributed by atoms with E-state index in [4.69, 9.17) is 47.4 Å². The van der Waals surface area contributed by atoms with Gasteiger partial charge in [0, 0.05) is 38.6 Å². The summed E-state index contributed by atoms with van der Waals surface area (Å²) in [5.74, 6) is -2.65. The van der Waals surface area contributed by atoms with E-state index in [1.54, 1.807) is 97.9 Å². The Bertz CT molecular complexity index is 2390. The summed E-state index contributed by atoms with van der Waals surface area (Å²) in [6.45, 7) is 9.75. The molecule has 97 heavy (non-hydrogen) atoms. The summed E-state index contributed by atoms with van der Waals surface area (Å²) in [5.41, 5.74) is 0.894. The molecule has 1 aliphatic heterocycles. The van der Waals surface area contributed by atoms with E-state index in [9.17, 15) is 24.0 Å². The quantitative estimate of drug-likeness (QED) is 0.0307. The predicted molar refractivity (Wildman–Crippen MR) is 384 cm³/mol. The topological polar surface area (TPSA) is 202 Å². The Morgan fingerprint density at radius 1 is 0.402 bits per heavy atom. The molecule has 3 aromatic carbocycles. The van der Waals surface area contributed by atoms with Gasteiger partial charge in [-0.05, 0) is 62.1 Å². The number of hydrogen-bond donors (Lipinski definition) is 2. The summed E-state index contributed by atoms with van der Waals surface area (Å²) in [7, 11) is 0. The molecule has 0 bridgehead atoms. The van der Waals surface area contributed by atoms with Crippen molar-refractivity contribution in [2.45, 2.75) is 283 Å². The molecule has 17 heteroatoms. The van der Waals surface area contributed by atoms with Crippen LogP contribution in [0.2, 0.25) is 0 Å². The average molecular weight is 1360 g/mol. The van der Waals surface area contributed by atoms with Crippen LogP contribution in [0.1, 0.15) is 283 Å². The molecule has 4 rings (SSSR count). The van der Waals surface area contributed by atoms with Crippen LogP contribution < -0.4 is 10.6 Å². The van der Waals surface area contributed by atoms with Gasteiger partial charge in [-0.3, -0.25) is 4.79 Å². The second kappa shape index (κ2) is 58.4. The van der Waals surface area contributed by atoms with Crippen LogP contribution in [-0.4, -0.2) is 140 Å². The molecule has 0 radical (unpaired) electrons. The molecule has 1 saturated heterocycles. The molecular weight excluding hydrogens is 1230 g/mol. The third-order valence-corrected chi connectivity index (χ3v) is 17.8. The Hall–Kier alpha value is -5.43. The largest absolute Gasteiger partial charge is 0.459 e. The van der Waals surface area contributed by atoms with Crippen LogP contribution in [0.25, 0.3) is 0 Å². The summed E-state index contributed by atoms with van der Waals surface area (Å²) in [6.07, 6.45) is 39.9. The fourth-order valence-corrected chi connectivity index (χ4v) is 11.9. The molecular formula is C80H128N2O15. The van der Waals surface area contributed by atoms with Crippen LogP contribution in [0.15, 0.2) is 91.0 Å². The number of alkyl carbamates (subject to hydrolysis) is 1. The summed E-state index contributed by atoms with van der Waals surface area (Å²) in [6, 6.07) is 25.3. The van der Waals surface area contributed by atoms with E-state index in [1.807, 2.05) is 0 Å². The van der Waals surface area contributed by atoms with E-state index in [1.165, 1.54) is 186 Å². The van der Waals surface area contributed by atoms with Crippen LogP contribution in [0.5, 0.6) is 0 Å². The number of amides is 2. The van der Waals surface area contributed by atoms with Crippen LogP contribution in [0.4, 0.5) is 4.79 Å². The fraction of sp³-hybridized carbons (Fsp3) is 0.713. The minimum atomic E-state index is -1.19. The number of rotatable bonds is 62. The summed E-state index contributed by atoms with van der Waals surface area (Å²) < 4.78 is 59.8. The molecule has 0 saturated carbocycles. The van der Waals surface area contributed by atoms with Crippen molar-refractivity contribution in [2.75, 3.05) is 79.2 Å². The number of hydrogen-bond acceptors (Lipinski definition) is 15. The highest BCUT2D eigenvalue weighted by Crippen LogP contribution is 2.33. The lowest BCUT2D eigenvalue weighted by molar-refractivity contribution is -0.282. The van der Waals surface area contributed by atoms with Crippen molar-refractivity contribution in [1.82, 2.24) is 10.6 Å². The van der Waals surface area contributed by atoms with Gasteiger partial charge in [-0.2, -0.15) is 0 Å². The number of ether oxygens (including phenoxy) is 10. The van der Waals surface area contributed by atoms with Gasteiger partial charge in [-0.1, -0.05) is 274 Å². The molecule has 3 aromatic rings. The van der Waals surface area contributed by atoms with Crippen LogP contribution in [0, 0.1) is 5.92 Å². The molecule has 1 heterocycles. The van der Waals surface area contributed by atoms with E-state index >= 15 is 0 Å². The maximum absolute atomic E-state index is 13.6. The SMILES string of the molecule is CCCCCCCCCCCCCCCCCCOC[C@@H](COC(=O)NCCCCCC(=O)NCCOCCOCCO[C@@H]1OC(COC(=O)c2ccccc2)[C@H](OC(=O)c2ccccc2)[C@H](OC(=O)c2ccccc2)C1C)OCCCCCCCCCCCCCCCCCC. The van der Waals surface area contributed by atoms with Crippen molar-refractivity contribution in [3.05, 3.63) is 108 Å². The van der Waals surface area contributed by atoms with Crippen molar-refractivity contribution in [3.8, 4) is 0 Å².